The van der Waals surface area contributed by atoms with Crippen molar-refractivity contribution < 1.29 is 36.3 Å². The number of hydrogen-bond acceptors (Lipinski definition) is 3. The lowest BCUT2D eigenvalue weighted by Gasteiger charge is -2.28. The van der Waals surface area contributed by atoms with Gasteiger partial charge < -0.3 is 10.1 Å². The number of esters is 1. The van der Waals surface area contributed by atoms with Gasteiger partial charge in [-0.05, 0) is 0 Å². The molecule has 0 aliphatic heterocycles. The molecule has 1 aliphatic rings. The first kappa shape index (κ1) is 15.4. The Labute approximate surface area is 104 Å². The Kier molecular flexibility index (Phi) is 4.16. The predicted molar refractivity (Wildman–Crippen MR) is 52.3 cm³/mol. The molecule has 108 valence electrons. The predicted octanol–water partition coefficient (Wildman–Crippen LogP) is 1.56. The molecule has 4 nitrogen and oxygen atoms in total. The van der Waals surface area contributed by atoms with Crippen molar-refractivity contribution in [1.29, 1.82) is 0 Å². The van der Waals surface area contributed by atoms with Crippen molar-refractivity contribution >= 4 is 11.9 Å². The normalized spacial score (nSPS) is 22.4. The number of ether oxygens (including phenoxy) is 1. The van der Waals surface area contributed by atoms with Crippen LogP contribution in [0.3, 0.4) is 0 Å². The summed E-state index contributed by atoms with van der Waals surface area (Å²) in [5.41, 5.74) is -0.466. The van der Waals surface area contributed by atoms with Crippen LogP contribution in [0.15, 0.2) is 11.6 Å². The summed E-state index contributed by atoms with van der Waals surface area (Å²) in [5.74, 6) is -6.79. The third kappa shape index (κ3) is 4.18. The van der Waals surface area contributed by atoms with Gasteiger partial charge in [0.15, 0.2) is 0 Å². The van der Waals surface area contributed by atoms with Crippen LogP contribution in [0.2, 0.25) is 0 Å². The minimum atomic E-state index is -5.17. The second-order valence-corrected chi connectivity index (χ2v) is 4.00. The van der Waals surface area contributed by atoms with E-state index in [9.17, 15) is 31.5 Å². The highest BCUT2D eigenvalue weighted by atomic mass is 19.4. The van der Waals surface area contributed by atoms with E-state index in [4.69, 9.17) is 0 Å². The lowest BCUT2D eigenvalue weighted by Crippen LogP contribution is -2.46. The second kappa shape index (κ2) is 5.14. The molecule has 1 aliphatic carbocycles. The summed E-state index contributed by atoms with van der Waals surface area (Å²) in [7, 11) is 0.958. The van der Waals surface area contributed by atoms with Crippen LogP contribution >= 0.6 is 0 Å². The van der Waals surface area contributed by atoms with E-state index in [1.165, 1.54) is 5.32 Å². The summed E-state index contributed by atoms with van der Waals surface area (Å²) in [6, 6.07) is -1.58. The largest absolute Gasteiger partial charge is 0.471 e. The van der Waals surface area contributed by atoms with E-state index in [1.807, 2.05) is 0 Å². The van der Waals surface area contributed by atoms with Crippen LogP contribution in [0.4, 0.5) is 22.0 Å². The Morgan fingerprint density at radius 1 is 1.42 bits per heavy atom. The van der Waals surface area contributed by atoms with Gasteiger partial charge >= 0.3 is 18.1 Å². The van der Waals surface area contributed by atoms with Gasteiger partial charge in [-0.25, -0.2) is 13.6 Å². The van der Waals surface area contributed by atoms with E-state index in [-0.39, 0.29) is 0 Å². The molecule has 9 heteroatoms. The fourth-order valence-electron chi connectivity index (χ4n) is 1.65. The van der Waals surface area contributed by atoms with Gasteiger partial charge in [-0.3, -0.25) is 4.79 Å². The van der Waals surface area contributed by atoms with Gasteiger partial charge in [-0.1, -0.05) is 6.08 Å². The van der Waals surface area contributed by atoms with Gasteiger partial charge in [0, 0.05) is 18.4 Å². The lowest BCUT2D eigenvalue weighted by molar-refractivity contribution is -0.174. The molecule has 1 amide bonds. The Bertz CT molecular complexity index is 416. The van der Waals surface area contributed by atoms with Crippen LogP contribution in [-0.2, 0) is 14.3 Å². The Morgan fingerprint density at radius 3 is 2.47 bits per heavy atom. The van der Waals surface area contributed by atoms with Gasteiger partial charge in [0.05, 0.1) is 13.2 Å². The van der Waals surface area contributed by atoms with Crippen LogP contribution < -0.4 is 5.32 Å². The number of halogens is 5. The first-order chi connectivity index (χ1) is 8.55. The van der Waals surface area contributed by atoms with E-state index in [1.54, 1.807) is 0 Å². The highest BCUT2D eigenvalue weighted by Gasteiger charge is 2.44. The molecular weight excluding hydrogens is 277 g/mol. The molecule has 1 atom stereocenters. The van der Waals surface area contributed by atoms with Crippen molar-refractivity contribution in [3.05, 3.63) is 11.6 Å². The number of hydrogen-bond donors (Lipinski definition) is 1. The maximum Gasteiger partial charge on any atom is 0.471 e. The third-order valence-electron chi connectivity index (χ3n) is 2.39. The van der Waals surface area contributed by atoms with E-state index < -0.39 is 48.4 Å². The quantitative estimate of drug-likeness (QED) is 0.619. The first-order valence-electron chi connectivity index (χ1n) is 5.10. The van der Waals surface area contributed by atoms with Gasteiger partial charge in [0.25, 0.3) is 5.92 Å². The number of carbonyl (C=O) groups is 2. The highest BCUT2D eigenvalue weighted by molar-refractivity contribution is 5.89. The number of amides is 1. The summed E-state index contributed by atoms with van der Waals surface area (Å²) in [6.45, 7) is 0. The molecule has 0 unspecified atom stereocenters. The molecule has 19 heavy (non-hydrogen) atoms. The molecule has 0 aromatic rings. The van der Waals surface area contributed by atoms with Gasteiger partial charge in [-0.2, -0.15) is 13.2 Å². The van der Waals surface area contributed by atoms with Crippen molar-refractivity contribution in [3.8, 4) is 0 Å². The van der Waals surface area contributed by atoms with Gasteiger partial charge in [0.2, 0.25) is 0 Å². The molecule has 1 N–H and O–H groups in total. The van der Waals surface area contributed by atoms with E-state index in [0.29, 0.717) is 0 Å². The number of nitrogens with one attached hydrogen (secondary N) is 1. The molecule has 0 aromatic heterocycles. The standard InChI is InChI=1S/C10H10F5NO3/c1-19-7(17)5-2-6(4-9(11,12)3-5)16-8(18)10(13,14)15/h2,6H,3-4H2,1H3,(H,16,18)/t6-/m0/s1. The molecule has 1 rings (SSSR count). The van der Waals surface area contributed by atoms with Crippen molar-refractivity contribution in [2.24, 2.45) is 0 Å². The van der Waals surface area contributed by atoms with Crippen molar-refractivity contribution in [2.45, 2.75) is 31.0 Å². The van der Waals surface area contributed by atoms with Crippen molar-refractivity contribution in [1.82, 2.24) is 5.32 Å². The van der Waals surface area contributed by atoms with Crippen LogP contribution in [0.5, 0.6) is 0 Å². The Balaban J connectivity index is 2.88. The summed E-state index contributed by atoms with van der Waals surface area (Å²) in [5, 5.41) is 1.40. The third-order valence-corrected chi connectivity index (χ3v) is 2.39. The van der Waals surface area contributed by atoms with Gasteiger partial charge in [0.1, 0.15) is 0 Å². The summed E-state index contributed by atoms with van der Waals surface area (Å²) >= 11 is 0. The van der Waals surface area contributed by atoms with Crippen LogP contribution in [0.1, 0.15) is 12.8 Å². The zero-order valence-electron chi connectivity index (χ0n) is 9.68. The SMILES string of the molecule is COC(=O)C1=C[C@H](NC(=O)C(F)(F)F)CC(F)(F)C1. The minimum Gasteiger partial charge on any atom is -0.466 e. The lowest BCUT2D eigenvalue weighted by atomic mass is 9.92. The van der Waals surface area contributed by atoms with Crippen LogP contribution in [-0.4, -0.2) is 37.1 Å². The molecule has 0 heterocycles. The number of methoxy groups -OCH3 is 1. The van der Waals surface area contributed by atoms with E-state index in [0.717, 1.165) is 13.2 Å². The molecule has 0 bridgehead atoms. The summed E-state index contributed by atoms with van der Waals surface area (Å²) < 4.78 is 66.8. The van der Waals surface area contributed by atoms with E-state index >= 15 is 0 Å². The fourth-order valence-corrected chi connectivity index (χ4v) is 1.65. The smallest absolute Gasteiger partial charge is 0.466 e. The molecule has 0 fully saturated rings. The molecule has 0 spiro atoms. The second-order valence-electron chi connectivity index (χ2n) is 4.00. The average Bonchev–Trinajstić information content (AvgIpc) is 2.24. The fraction of sp³-hybridized carbons (Fsp3) is 0.600. The van der Waals surface area contributed by atoms with Gasteiger partial charge in [-0.15, -0.1) is 0 Å². The van der Waals surface area contributed by atoms with Crippen molar-refractivity contribution in [2.75, 3.05) is 7.11 Å². The topological polar surface area (TPSA) is 55.4 Å². The maximum atomic E-state index is 13.3. The van der Waals surface area contributed by atoms with Crippen LogP contribution in [0.25, 0.3) is 0 Å². The molecule has 0 radical (unpaired) electrons. The number of alkyl halides is 5. The van der Waals surface area contributed by atoms with Crippen molar-refractivity contribution in [3.63, 3.8) is 0 Å². The molecule has 0 aromatic carbocycles. The molecule has 0 saturated heterocycles. The summed E-state index contributed by atoms with van der Waals surface area (Å²) in [4.78, 5) is 21.8. The average molecular weight is 287 g/mol. The highest BCUT2D eigenvalue weighted by Crippen LogP contribution is 2.34. The Hall–Kier alpha value is -1.67. The zero-order valence-corrected chi connectivity index (χ0v) is 9.68. The van der Waals surface area contributed by atoms with Crippen LogP contribution in [0, 0.1) is 0 Å². The minimum absolute atomic E-state index is 0.466. The number of rotatable bonds is 2. The monoisotopic (exact) mass is 287 g/mol. The molecule has 0 saturated carbocycles. The Morgan fingerprint density at radius 2 is 2.00 bits per heavy atom. The first-order valence-corrected chi connectivity index (χ1v) is 5.10. The number of carbonyl (C=O) groups excluding carboxylic acids is 2. The maximum absolute atomic E-state index is 13.3. The summed E-state index contributed by atoms with van der Waals surface area (Å²) in [6.07, 6.45) is -6.26. The zero-order chi connectivity index (χ0) is 14.8. The molecular formula is C10H10F5NO3. The van der Waals surface area contributed by atoms with E-state index in [2.05, 4.69) is 4.74 Å².